The number of benzene rings is 1. The first-order valence-corrected chi connectivity index (χ1v) is 9.02. The zero-order chi connectivity index (χ0) is 18.8. The highest BCUT2D eigenvalue weighted by molar-refractivity contribution is 5.92. The SMILES string of the molecule is CCN(CC)C(=O)CCN(CCc1ccccc1)C(=O)c1cnccn1. The number of amides is 2. The Balaban J connectivity index is 2.05. The second-order valence-electron chi connectivity index (χ2n) is 5.93. The van der Waals surface area contributed by atoms with Crippen molar-refractivity contribution in [2.75, 3.05) is 26.2 Å². The molecule has 1 aromatic heterocycles. The third kappa shape index (κ3) is 5.65. The number of hydrogen-bond donors (Lipinski definition) is 0. The Kier molecular flexibility index (Phi) is 7.74. The van der Waals surface area contributed by atoms with Crippen LogP contribution in [0.1, 0.15) is 36.3 Å². The minimum atomic E-state index is -0.193. The Hall–Kier alpha value is -2.76. The van der Waals surface area contributed by atoms with Crippen molar-refractivity contribution in [2.24, 2.45) is 0 Å². The molecule has 0 spiro atoms. The molecule has 6 nitrogen and oxygen atoms in total. The minimum absolute atomic E-state index is 0.0617. The Bertz CT molecular complexity index is 687. The first-order chi connectivity index (χ1) is 12.7. The molecule has 0 bridgehead atoms. The first-order valence-electron chi connectivity index (χ1n) is 9.02. The van der Waals surface area contributed by atoms with Crippen LogP contribution in [0.4, 0.5) is 0 Å². The van der Waals surface area contributed by atoms with Gasteiger partial charge in [0.15, 0.2) is 0 Å². The van der Waals surface area contributed by atoms with Crippen molar-refractivity contribution in [3.8, 4) is 0 Å². The van der Waals surface area contributed by atoms with Crippen LogP contribution in [0.5, 0.6) is 0 Å². The Morgan fingerprint density at radius 3 is 2.31 bits per heavy atom. The molecular weight excluding hydrogens is 328 g/mol. The van der Waals surface area contributed by atoms with Gasteiger partial charge in [-0.2, -0.15) is 0 Å². The van der Waals surface area contributed by atoms with E-state index in [-0.39, 0.29) is 11.8 Å². The molecule has 1 heterocycles. The molecule has 2 amide bonds. The van der Waals surface area contributed by atoms with E-state index >= 15 is 0 Å². The molecule has 0 N–H and O–H groups in total. The summed E-state index contributed by atoms with van der Waals surface area (Å²) in [6.45, 7) is 6.18. The van der Waals surface area contributed by atoms with Gasteiger partial charge in [0.2, 0.25) is 5.91 Å². The zero-order valence-corrected chi connectivity index (χ0v) is 15.5. The van der Waals surface area contributed by atoms with Gasteiger partial charge in [0.05, 0.1) is 6.20 Å². The standard InChI is InChI=1S/C20H26N4O2/c1-3-23(4-2)19(25)11-15-24(14-10-17-8-6-5-7-9-17)20(26)18-16-21-12-13-22-18/h5-9,12-13,16H,3-4,10-11,14-15H2,1-2H3. The van der Waals surface area contributed by atoms with Crippen LogP contribution in [-0.4, -0.2) is 57.8 Å². The van der Waals surface area contributed by atoms with E-state index in [4.69, 9.17) is 0 Å². The van der Waals surface area contributed by atoms with E-state index in [9.17, 15) is 9.59 Å². The van der Waals surface area contributed by atoms with Gasteiger partial charge >= 0.3 is 0 Å². The summed E-state index contributed by atoms with van der Waals surface area (Å²) in [6, 6.07) is 9.99. The predicted octanol–water partition coefficient (Wildman–Crippen LogP) is 2.42. The van der Waals surface area contributed by atoms with E-state index in [1.54, 1.807) is 9.80 Å². The molecule has 0 aliphatic carbocycles. The van der Waals surface area contributed by atoms with Crippen LogP contribution in [-0.2, 0) is 11.2 Å². The van der Waals surface area contributed by atoms with E-state index in [0.717, 1.165) is 12.0 Å². The zero-order valence-electron chi connectivity index (χ0n) is 15.5. The fraction of sp³-hybridized carbons (Fsp3) is 0.400. The number of rotatable bonds is 9. The van der Waals surface area contributed by atoms with Crippen molar-refractivity contribution in [2.45, 2.75) is 26.7 Å². The summed E-state index contributed by atoms with van der Waals surface area (Å²) in [5, 5.41) is 0. The number of carbonyl (C=O) groups excluding carboxylic acids is 2. The molecule has 6 heteroatoms. The van der Waals surface area contributed by atoms with Gasteiger partial charge in [-0.05, 0) is 25.8 Å². The fourth-order valence-electron chi connectivity index (χ4n) is 2.76. The van der Waals surface area contributed by atoms with Gasteiger partial charge < -0.3 is 9.80 Å². The largest absolute Gasteiger partial charge is 0.343 e. The summed E-state index contributed by atoms with van der Waals surface area (Å²) < 4.78 is 0. The van der Waals surface area contributed by atoms with Gasteiger partial charge in [0.25, 0.3) is 5.91 Å². The lowest BCUT2D eigenvalue weighted by atomic mass is 10.1. The molecule has 0 atom stereocenters. The van der Waals surface area contributed by atoms with Crippen LogP contribution in [0, 0.1) is 0 Å². The van der Waals surface area contributed by atoms with E-state index < -0.39 is 0 Å². The fourth-order valence-corrected chi connectivity index (χ4v) is 2.76. The summed E-state index contributed by atoms with van der Waals surface area (Å²) in [7, 11) is 0. The summed E-state index contributed by atoms with van der Waals surface area (Å²) in [5.41, 5.74) is 1.45. The van der Waals surface area contributed by atoms with Crippen LogP contribution >= 0.6 is 0 Å². The molecule has 138 valence electrons. The lowest BCUT2D eigenvalue weighted by Gasteiger charge is -2.24. The second-order valence-corrected chi connectivity index (χ2v) is 5.93. The van der Waals surface area contributed by atoms with Crippen molar-refractivity contribution in [3.05, 3.63) is 60.2 Å². The van der Waals surface area contributed by atoms with Crippen LogP contribution in [0.25, 0.3) is 0 Å². The molecule has 26 heavy (non-hydrogen) atoms. The normalized spacial score (nSPS) is 10.4. The predicted molar refractivity (Wildman–Crippen MR) is 101 cm³/mol. The van der Waals surface area contributed by atoms with Gasteiger partial charge in [0.1, 0.15) is 5.69 Å². The van der Waals surface area contributed by atoms with E-state index in [2.05, 4.69) is 9.97 Å². The maximum atomic E-state index is 12.8. The number of hydrogen-bond acceptors (Lipinski definition) is 4. The smallest absolute Gasteiger partial charge is 0.274 e. The van der Waals surface area contributed by atoms with E-state index in [1.807, 2.05) is 44.2 Å². The average Bonchev–Trinajstić information content (AvgIpc) is 2.70. The molecule has 1 aromatic carbocycles. The topological polar surface area (TPSA) is 66.4 Å². The summed E-state index contributed by atoms with van der Waals surface area (Å²) in [5.74, 6) is -0.131. The number of nitrogens with zero attached hydrogens (tertiary/aromatic N) is 4. The highest BCUT2D eigenvalue weighted by Crippen LogP contribution is 2.07. The second kappa shape index (κ2) is 10.3. The average molecular weight is 354 g/mol. The Morgan fingerprint density at radius 1 is 0.962 bits per heavy atom. The monoisotopic (exact) mass is 354 g/mol. The van der Waals surface area contributed by atoms with Gasteiger partial charge in [-0.3, -0.25) is 14.6 Å². The summed E-state index contributed by atoms with van der Waals surface area (Å²) in [4.78, 5) is 36.6. The molecule has 2 rings (SSSR count). The molecular formula is C20H26N4O2. The molecule has 0 unspecified atom stereocenters. The number of carbonyl (C=O) groups is 2. The van der Waals surface area contributed by atoms with Gasteiger partial charge in [-0.1, -0.05) is 30.3 Å². The lowest BCUT2D eigenvalue weighted by molar-refractivity contribution is -0.131. The highest BCUT2D eigenvalue weighted by atomic mass is 16.2. The van der Waals surface area contributed by atoms with E-state index in [0.29, 0.717) is 38.3 Å². The van der Waals surface area contributed by atoms with E-state index in [1.165, 1.54) is 18.6 Å². The van der Waals surface area contributed by atoms with Crippen LogP contribution in [0.3, 0.4) is 0 Å². The van der Waals surface area contributed by atoms with Crippen molar-refractivity contribution < 1.29 is 9.59 Å². The van der Waals surface area contributed by atoms with Gasteiger partial charge in [-0.15, -0.1) is 0 Å². The Labute approximate surface area is 154 Å². The quantitative estimate of drug-likeness (QED) is 0.694. The highest BCUT2D eigenvalue weighted by Gasteiger charge is 2.19. The Morgan fingerprint density at radius 2 is 1.69 bits per heavy atom. The third-order valence-electron chi connectivity index (χ3n) is 4.29. The first kappa shape index (κ1) is 19.6. The van der Waals surface area contributed by atoms with Crippen LogP contribution in [0.15, 0.2) is 48.9 Å². The van der Waals surface area contributed by atoms with Crippen molar-refractivity contribution in [1.82, 2.24) is 19.8 Å². The van der Waals surface area contributed by atoms with Crippen LogP contribution in [0.2, 0.25) is 0 Å². The van der Waals surface area contributed by atoms with Crippen molar-refractivity contribution >= 4 is 11.8 Å². The van der Waals surface area contributed by atoms with Crippen molar-refractivity contribution in [1.29, 1.82) is 0 Å². The van der Waals surface area contributed by atoms with Gasteiger partial charge in [0, 0.05) is 45.0 Å². The number of aromatic nitrogens is 2. The molecule has 0 aliphatic rings. The van der Waals surface area contributed by atoms with Crippen LogP contribution < -0.4 is 0 Å². The minimum Gasteiger partial charge on any atom is -0.343 e. The molecule has 2 aromatic rings. The maximum Gasteiger partial charge on any atom is 0.274 e. The van der Waals surface area contributed by atoms with Crippen molar-refractivity contribution in [3.63, 3.8) is 0 Å². The molecule has 0 saturated carbocycles. The summed E-state index contributed by atoms with van der Waals surface area (Å²) >= 11 is 0. The maximum absolute atomic E-state index is 12.8. The molecule has 0 fully saturated rings. The lowest BCUT2D eigenvalue weighted by Crippen LogP contribution is -2.38. The summed E-state index contributed by atoms with van der Waals surface area (Å²) in [6.07, 6.45) is 5.54. The molecule has 0 radical (unpaired) electrons. The van der Waals surface area contributed by atoms with Gasteiger partial charge in [-0.25, -0.2) is 4.98 Å². The molecule has 0 saturated heterocycles. The molecule has 0 aliphatic heterocycles. The third-order valence-corrected chi connectivity index (χ3v) is 4.29.